The van der Waals surface area contributed by atoms with Crippen molar-refractivity contribution in [2.75, 3.05) is 0 Å². The van der Waals surface area contributed by atoms with Crippen LogP contribution in [0.2, 0.25) is 0 Å². The number of fused-ring (bicyclic) bond motifs is 1. The summed E-state index contributed by atoms with van der Waals surface area (Å²) in [6.45, 7) is -0.408. The normalized spacial score (nSPS) is 14.5. The van der Waals surface area contributed by atoms with Crippen molar-refractivity contribution in [2.45, 2.75) is 25.5 Å². The molecule has 0 unspecified atom stereocenters. The minimum atomic E-state index is -0.749. The molecule has 0 atom stereocenters. The van der Waals surface area contributed by atoms with Gasteiger partial charge in [0.05, 0.1) is 11.6 Å². The largest absolute Gasteiger partial charge is 0.388 e. The van der Waals surface area contributed by atoms with Crippen molar-refractivity contribution in [1.82, 2.24) is 24.5 Å². The van der Waals surface area contributed by atoms with Crippen molar-refractivity contribution in [3.8, 4) is 5.69 Å². The molecule has 0 spiro atoms. The van der Waals surface area contributed by atoms with E-state index in [2.05, 4.69) is 15.3 Å². The molecule has 1 saturated carbocycles. The SMILES string of the molecule is O=c1[nH]ncc2cc(-n3nc(CO)n(C4CC4)c3=O)c(F)cc12. The third-order valence-corrected chi connectivity index (χ3v) is 3.90. The highest BCUT2D eigenvalue weighted by molar-refractivity contribution is 5.82. The zero-order chi connectivity index (χ0) is 16.1. The minimum Gasteiger partial charge on any atom is -0.388 e. The van der Waals surface area contributed by atoms with Gasteiger partial charge in [-0.15, -0.1) is 5.10 Å². The van der Waals surface area contributed by atoms with Gasteiger partial charge in [-0.3, -0.25) is 9.36 Å². The number of H-pyrrole nitrogens is 1. The summed E-state index contributed by atoms with van der Waals surface area (Å²) in [4.78, 5) is 24.1. The molecule has 1 aliphatic rings. The van der Waals surface area contributed by atoms with E-state index in [1.54, 1.807) is 0 Å². The number of aromatic amines is 1. The van der Waals surface area contributed by atoms with Gasteiger partial charge in [0, 0.05) is 11.4 Å². The van der Waals surface area contributed by atoms with Crippen LogP contribution in [0.4, 0.5) is 4.39 Å². The standard InChI is InChI=1S/C14H12FN5O3/c15-10-4-9-7(5-16-17-13(9)22)3-11(10)20-14(23)19(8-1-2-8)12(6-21)18-20/h3-5,8,21H,1-2,6H2,(H,17,22). The van der Waals surface area contributed by atoms with Crippen LogP contribution in [-0.4, -0.2) is 29.7 Å². The molecule has 118 valence electrons. The molecule has 1 aromatic carbocycles. The van der Waals surface area contributed by atoms with Crippen LogP contribution in [0.25, 0.3) is 16.5 Å². The molecule has 1 fully saturated rings. The number of hydrogen-bond donors (Lipinski definition) is 2. The fourth-order valence-electron chi connectivity index (χ4n) is 2.65. The van der Waals surface area contributed by atoms with Gasteiger partial charge in [0.25, 0.3) is 5.56 Å². The van der Waals surface area contributed by atoms with E-state index in [1.807, 2.05) is 0 Å². The van der Waals surface area contributed by atoms with Crippen molar-refractivity contribution in [1.29, 1.82) is 0 Å². The predicted octanol–water partition coefficient (Wildman–Crippen LogP) is 0.237. The van der Waals surface area contributed by atoms with Gasteiger partial charge in [-0.25, -0.2) is 14.3 Å². The number of rotatable bonds is 3. The molecule has 23 heavy (non-hydrogen) atoms. The maximum absolute atomic E-state index is 14.4. The lowest BCUT2D eigenvalue weighted by Crippen LogP contribution is -2.24. The van der Waals surface area contributed by atoms with Gasteiger partial charge in [0.2, 0.25) is 0 Å². The summed E-state index contributed by atoms with van der Waals surface area (Å²) < 4.78 is 16.7. The highest BCUT2D eigenvalue weighted by Crippen LogP contribution is 2.34. The van der Waals surface area contributed by atoms with Crippen molar-refractivity contribution >= 4 is 10.8 Å². The fourth-order valence-corrected chi connectivity index (χ4v) is 2.65. The van der Waals surface area contributed by atoms with Gasteiger partial charge in [-0.05, 0) is 25.0 Å². The summed E-state index contributed by atoms with van der Waals surface area (Å²) in [6, 6.07) is 2.40. The quantitative estimate of drug-likeness (QED) is 0.719. The van der Waals surface area contributed by atoms with E-state index >= 15 is 0 Å². The van der Waals surface area contributed by atoms with Crippen LogP contribution in [-0.2, 0) is 6.61 Å². The second kappa shape index (κ2) is 4.85. The molecule has 2 aromatic heterocycles. The van der Waals surface area contributed by atoms with Crippen molar-refractivity contribution < 1.29 is 9.50 Å². The van der Waals surface area contributed by atoms with E-state index < -0.39 is 23.7 Å². The number of aliphatic hydroxyl groups is 1. The van der Waals surface area contributed by atoms with E-state index in [-0.39, 0.29) is 22.9 Å². The number of hydrogen-bond acceptors (Lipinski definition) is 5. The molecule has 8 nitrogen and oxygen atoms in total. The van der Waals surface area contributed by atoms with Crippen LogP contribution in [0, 0.1) is 5.82 Å². The lowest BCUT2D eigenvalue weighted by Gasteiger charge is -2.04. The molecule has 0 radical (unpaired) electrons. The lowest BCUT2D eigenvalue weighted by molar-refractivity contribution is 0.264. The molecule has 0 aliphatic heterocycles. The topological polar surface area (TPSA) is 106 Å². The third kappa shape index (κ3) is 2.08. The van der Waals surface area contributed by atoms with E-state index in [0.717, 1.165) is 23.6 Å². The summed E-state index contributed by atoms with van der Waals surface area (Å²) in [5.74, 6) is -0.553. The molecule has 2 heterocycles. The van der Waals surface area contributed by atoms with Gasteiger partial charge in [-0.1, -0.05) is 0 Å². The second-order valence-corrected chi connectivity index (χ2v) is 5.46. The summed E-state index contributed by atoms with van der Waals surface area (Å²) in [5.41, 5.74) is -1.10. The average molecular weight is 317 g/mol. The molecule has 0 bridgehead atoms. The number of aliphatic hydroxyl groups excluding tert-OH is 1. The summed E-state index contributed by atoms with van der Waals surface area (Å²) >= 11 is 0. The Morgan fingerprint density at radius 2 is 2.13 bits per heavy atom. The third-order valence-electron chi connectivity index (χ3n) is 3.90. The Morgan fingerprint density at radius 3 is 2.83 bits per heavy atom. The molecule has 9 heteroatoms. The second-order valence-electron chi connectivity index (χ2n) is 5.46. The molecular weight excluding hydrogens is 305 g/mol. The van der Waals surface area contributed by atoms with Crippen LogP contribution >= 0.6 is 0 Å². The molecule has 2 N–H and O–H groups in total. The Labute approximate surface area is 127 Å². The number of benzene rings is 1. The summed E-state index contributed by atoms with van der Waals surface area (Å²) in [5, 5.41) is 19.8. The maximum atomic E-state index is 14.4. The van der Waals surface area contributed by atoms with Crippen LogP contribution in [0.3, 0.4) is 0 Å². The first kappa shape index (κ1) is 13.8. The van der Waals surface area contributed by atoms with E-state index in [1.165, 1.54) is 16.8 Å². The zero-order valence-electron chi connectivity index (χ0n) is 11.9. The summed E-state index contributed by atoms with van der Waals surface area (Å²) in [7, 11) is 0. The Kier molecular flexibility index (Phi) is 2.91. The highest BCUT2D eigenvalue weighted by Gasteiger charge is 2.30. The van der Waals surface area contributed by atoms with Crippen LogP contribution in [0.15, 0.2) is 27.9 Å². The average Bonchev–Trinajstić information content (AvgIpc) is 3.31. The number of nitrogens with one attached hydrogen (secondary N) is 1. The number of aromatic nitrogens is 5. The lowest BCUT2D eigenvalue weighted by atomic mass is 10.2. The van der Waals surface area contributed by atoms with Crippen LogP contribution in [0.1, 0.15) is 24.7 Å². The van der Waals surface area contributed by atoms with Crippen molar-refractivity contribution in [3.63, 3.8) is 0 Å². The van der Waals surface area contributed by atoms with E-state index in [4.69, 9.17) is 0 Å². The molecule has 0 saturated heterocycles. The minimum absolute atomic E-state index is 0.00595. The zero-order valence-corrected chi connectivity index (χ0v) is 11.9. The molecule has 4 rings (SSSR count). The fraction of sp³-hybridized carbons (Fsp3) is 0.286. The number of nitrogens with zero attached hydrogens (tertiary/aromatic N) is 4. The molecule has 3 aromatic rings. The smallest absolute Gasteiger partial charge is 0.351 e. The predicted molar refractivity (Wildman–Crippen MR) is 77.9 cm³/mol. The van der Waals surface area contributed by atoms with Gasteiger partial charge in [-0.2, -0.15) is 9.78 Å². The van der Waals surface area contributed by atoms with E-state index in [9.17, 15) is 19.1 Å². The van der Waals surface area contributed by atoms with Crippen molar-refractivity contribution in [2.24, 2.45) is 0 Å². The number of halogens is 1. The van der Waals surface area contributed by atoms with Crippen LogP contribution < -0.4 is 11.2 Å². The van der Waals surface area contributed by atoms with Crippen LogP contribution in [0.5, 0.6) is 0 Å². The summed E-state index contributed by atoms with van der Waals surface area (Å²) in [6.07, 6.45) is 3.03. The Morgan fingerprint density at radius 1 is 1.35 bits per heavy atom. The highest BCUT2D eigenvalue weighted by atomic mass is 19.1. The molecule has 1 aliphatic carbocycles. The first-order valence-corrected chi connectivity index (χ1v) is 7.08. The van der Waals surface area contributed by atoms with Gasteiger partial charge in [0.15, 0.2) is 5.82 Å². The Balaban J connectivity index is 1.98. The first-order valence-electron chi connectivity index (χ1n) is 7.08. The molecular formula is C14H12FN5O3. The Hall–Kier alpha value is -2.81. The first-order chi connectivity index (χ1) is 11.1. The molecule has 0 amide bonds. The van der Waals surface area contributed by atoms with Crippen molar-refractivity contribution in [3.05, 3.63) is 50.8 Å². The Bertz CT molecular complexity index is 1030. The van der Waals surface area contributed by atoms with Gasteiger partial charge >= 0.3 is 5.69 Å². The van der Waals surface area contributed by atoms with Gasteiger partial charge in [0.1, 0.15) is 18.1 Å². The monoisotopic (exact) mass is 317 g/mol. The maximum Gasteiger partial charge on any atom is 0.351 e. The van der Waals surface area contributed by atoms with E-state index in [0.29, 0.717) is 5.39 Å². The van der Waals surface area contributed by atoms with Gasteiger partial charge < -0.3 is 5.11 Å².